The summed E-state index contributed by atoms with van der Waals surface area (Å²) in [5.74, 6) is 1.38. The van der Waals surface area contributed by atoms with E-state index in [1.165, 1.54) is 19.3 Å². The van der Waals surface area contributed by atoms with Crippen molar-refractivity contribution in [2.45, 2.75) is 58.3 Å². The summed E-state index contributed by atoms with van der Waals surface area (Å²) in [5, 5.41) is 13.4. The monoisotopic (exact) mass is 339 g/mol. The molecule has 5 heteroatoms. The third-order valence-corrected chi connectivity index (χ3v) is 3.97. The molecule has 0 aliphatic heterocycles. The fourth-order valence-corrected chi connectivity index (χ4v) is 2.48. The zero-order chi connectivity index (χ0) is 17.8. The molecular formula is C19H33NO4. The standard InChI is InChI=1S/C19H33NO4/c1-5-6-7-8-15(2)20-12-17(21)14-24-13-16-9-10-18(22-3)19(11-16)23-4/h9-11,15,17,20-21H,5-8,12-14H2,1-4H3/t15-,17-/m0/s1. The van der Waals surface area contributed by atoms with Gasteiger partial charge in [0.2, 0.25) is 0 Å². The van der Waals surface area contributed by atoms with Crippen LogP contribution >= 0.6 is 0 Å². The maximum absolute atomic E-state index is 10.00. The molecule has 0 fully saturated rings. The van der Waals surface area contributed by atoms with Gasteiger partial charge in [0.15, 0.2) is 11.5 Å². The Labute approximate surface area is 146 Å². The van der Waals surface area contributed by atoms with Gasteiger partial charge in [-0.05, 0) is 31.0 Å². The van der Waals surface area contributed by atoms with Crippen LogP contribution in [-0.4, -0.2) is 44.6 Å². The molecule has 0 spiro atoms. The number of nitrogens with one attached hydrogen (secondary N) is 1. The molecule has 5 nitrogen and oxygen atoms in total. The smallest absolute Gasteiger partial charge is 0.161 e. The van der Waals surface area contributed by atoms with E-state index in [9.17, 15) is 5.11 Å². The van der Waals surface area contributed by atoms with Gasteiger partial charge in [-0.15, -0.1) is 0 Å². The second-order valence-electron chi connectivity index (χ2n) is 6.16. The van der Waals surface area contributed by atoms with E-state index in [2.05, 4.69) is 19.2 Å². The van der Waals surface area contributed by atoms with E-state index in [4.69, 9.17) is 14.2 Å². The highest BCUT2D eigenvalue weighted by molar-refractivity contribution is 5.42. The highest BCUT2D eigenvalue weighted by Crippen LogP contribution is 2.27. The summed E-state index contributed by atoms with van der Waals surface area (Å²) < 4.78 is 16.1. The summed E-state index contributed by atoms with van der Waals surface area (Å²) in [6.45, 7) is 5.66. The fraction of sp³-hybridized carbons (Fsp3) is 0.684. The van der Waals surface area contributed by atoms with E-state index in [1.54, 1.807) is 14.2 Å². The van der Waals surface area contributed by atoms with Gasteiger partial charge in [-0.25, -0.2) is 0 Å². The lowest BCUT2D eigenvalue weighted by atomic mass is 10.1. The van der Waals surface area contributed by atoms with Gasteiger partial charge in [-0.3, -0.25) is 0 Å². The lowest BCUT2D eigenvalue weighted by Crippen LogP contribution is -2.35. The number of unbranched alkanes of at least 4 members (excludes halogenated alkanes) is 2. The molecule has 0 saturated heterocycles. The van der Waals surface area contributed by atoms with Crippen LogP contribution in [-0.2, 0) is 11.3 Å². The Kier molecular flexibility index (Phi) is 10.5. The lowest BCUT2D eigenvalue weighted by molar-refractivity contribution is 0.0276. The van der Waals surface area contributed by atoms with Crippen molar-refractivity contribution in [3.05, 3.63) is 23.8 Å². The number of hydrogen-bond donors (Lipinski definition) is 2. The number of rotatable bonds is 13. The normalized spacial score (nSPS) is 13.5. The SMILES string of the molecule is CCCCC[C@H](C)NC[C@H](O)COCc1ccc(OC)c(OC)c1. The molecule has 1 aromatic carbocycles. The average Bonchev–Trinajstić information content (AvgIpc) is 2.60. The third-order valence-electron chi connectivity index (χ3n) is 3.97. The molecule has 24 heavy (non-hydrogen) atoms. The zero-order valence-corrected chi connectivity index (χ0v) is 15.5. The largest absolute Gasteiger partial charge is 0.493 e. The molecule has 0 aromatic heterocycles. The van der Waals surface area contributed by atoms with Crippen LogP contribution in [0.25, 0.3) is 0 Å². The second-order valence-corrected chi connectivity index (χ2v) is 6.16. The molecular weight excluding hydrogens is 306 g/mol. The summed E-state index contributed by atoms with van der Waals surface area (Å²) in [4.78, 5) is 0. The Bertz CT molecular complexity index is 453. The first-order valence-electron chi connectivity index (χ1n) is 8.80. The van der Waals surface area contributed by atoms with Crippen molar-refractivity contribution < 1.29 is 19.3 Å². The Hall–Kier alpha value is -1.30. The Balaban J connectivity index is 2.24. The van der Waals surface area contributed by atoms with Crippen molar-refractivity contribution in [3.8, 4) is 11.5 Å². The molecule has 0 aliphatic rings. The Morgan fingerprint density at radius 3 is 2.54 bits per heavy atom. The average molecular weight is 339 g/mol. The van der Waals surface area contributed by atoms with E-state index >= 15 is 0 Å². The van der Waals surface area contributed by atoms with Gasteiger partial charge in [-0.1, -0.05) is 32.3 Å². The van der Waals surface area contributed by atoms with Crippen LogP contribution in [0.1, 0.15) is 45.1 Å². The van der Waals surface area contributed by atoms with E-state index in [0.29, 0.717) is 37.3 Å². The van der Waals surface area contributed by atoms with Crippen LogP contribution in [0.2, 0.25) is 0 Å². The lowest BCUT2D eigenvalue weighted by Gasteiger charge is -2.17. The fourth-order valence-electron chi connectivity index (χ4n) is 2.48. The summed E-state index contributed by atoms with van der Waals surface area (Å²) >= 11 is 0. The summed E-state index contributed by atoms with van der Waals surface area (Å²) in [6, 6.07) is 6.10. The molecule has 138 valence electrons. The zero-order valence-electron chi connectivity index (χ0n) is 15.5. The molecule has 0 radical (unpaired) electrons. The van der Waals surface area contributed by atoms with E-state index in [0.717, 1.165) is 12.0 Å². The molecule has 0 aliphatic carbocycles. The molecule has 0 bridgehead atoms. The molecule has 0 heterocycles. The van der Waals surface area contributed by atoms with Crippen LogP contribution in [0, 0.1) is 0 Å². The minimum absolute atomic E-state index is 0.309. The first-order chi connectivity index (χ1) is 11.6. The van der Waals surface area contributed by atoms with Crippen LogP contribution in [0.4, 0.5) is 0 Å². The van der Waals surface area contributed by atoms with Gasteiger partial charge >= 0.3 is 0 Å². The number of aliphatic hydroxyl groups excluding tert-OH is 1. The number of ether oxygens (including phenoxy) is 3. The highest BCUT2D eigenvalue weighted by Gasteiger charge is 2.09. The Morgan fingerprint density at radius 2 is 1.88 bits per heavy atom. The maximum atomic E-state index is 10.00. The van der Waals surface area contributed by atoms with Gasteiger partial charge in [0.25, 0.3) is 0 Å². The molecule has 2 N–H and O–H groups in total. The van der Waals surface area contributed by atoms with Crippen molar-refractivity contribution >= 4 is 0 Å². The molecule has 0 unspecified atom stereocenters. The summed E-state index contributed by atoms with van der Waals surface area (Å²) in [7, 11) is 3.22. The molecule has 1 aromatic rings. The molecule has 2 atom stereocenters. The quantitative estimate of drug-likeness (QED) is 0.541. The molecule has 0 amide bonds. The predicted molar refractivity (Wildman–Crippen MR) is 96.8 cm³/mol. The second kappa shape index (κ2) is 12.1. The van der Waals surface area contributed by atoms with Crippen LogP contribution < -0.4 is 14.8 Å². The van der Waals surface area contributed by atoms with Gasteiger partial charge in [0, 0.05) is 12.6 Å². The minimum atomic E-state index is -0.501. The van der Waals surface area contributed by atoms with Crippen molar-refractivity contribution in [1.29, 1.82) is 0 Å². The van der Waals surface area contributed by atoms with Crippen LogP contribution in [0.3, 0.4) is 0 Å². The minimum Gasteiger partial charge on any atom is -0.493 e. The first-order valence-corrected chi connectivity index (χ1v) is 8.80. The third kappa shape index (κ3) is 7.99. The topological polar surface area (TPSA) is 60.0 Å². The first kappa shape index (κ1) is 20.7. The number of benzene rings is 1. The van der Waals surface area contributed by atoms with E-state index < -0.39 is 6.10 Å². The predicted octanol–water partition coefficient (Wildman–Crippen LogP) is 3.14. The van der Waals surface area contributed by atoms with E-state index in [1.807, 2.05) is 18.2 Å². The molecule has 1 rings (SSSR count). The van der Waals surface area contributed by atoms with Crippen molar-refractivity contribution in [2.24, 2.45) is 0 Å². The van der Waals surface area contributed by atoms with Crippen molar-refractivity contribution in [3.63, 3.8) is 0 Å². The van der Waals surface area contributed by atoms with Crippen LogP contribution in [0.5, 0.6) is 11.5 Å². The number of aliphatic hydroxyl groups is 1. The van der Waals surface area contributed by atoms with E-state index in [-0.39, 0.29) is 0 Å². The maximum Gasteiger partial charge on any atom is 0.161 e. The number of hydrogen-bond acceptors (Lipinski definition) is 5. The van der Waals surface area contributed by atoms with Crippen molar-refractivity contribution in [1.82, 2.24) is 5.32 Å². The summed E-state index contributed by atoms with van der Waals surface area (Å²) in [5.41, 5.74) is 0.987. The summed E-state index contributed by atoms with van der Waals surface area (Å²) in [6.07, 6.45) is 4.38. The van der Waals surface area contributed by atoms with Gasteiger partial charge in [-0.2, -0.15) is 0 Å². The van der Waals surface area contributed by atoms with Crippen molar-refractivity contribution in [2.75, 3.05) is 27.4 Å². The molecule has 0 saturated carbocycles. The Morgan fingerprint density at radius 1 is 1.12 bits per heavy atom. The van der Waals surface area contributed by atoms with Gasteiger partial charge in [0.1, 0.15) is 0 Å². The van der Waals surface area contributed by atoms with Crippen LogP contribution in [0.15, 0.2) is 18.2 Å². The number of methoxy groups -OCH3 is 2. The van der Waals surface area contributed by atoms with Gasteiger partial charge < -0.3 is 24.6 Å². The highest BCUT2D eigenvalue weighted by atomic mass is 16.5. The van der Waals surface area contributed by atoms with Gasteiger partial charge in [0.05, 0.1) is 33.5 Å².